The van der Waals surface area contributed by atoms with Crippen molar-refractivity contribution in [1.82, 2.24) is 10.2 Å². The lowest BCUT2D eigenvalue weighted by Gasteiger charge is -2.17. The fraction of sp³-hybridized carbons (Fsp3) is 0.167. The van der Waals surface area contributed by atoms with Crippen LogP contribution in [0.5, 0.6) is 0 Å². The predicted octanol–water partition coefficient (Wildman–Crippen LogP) is 3.39. The van der Waals surface area contributed by atoms with Gasteiger partial charge in [-0.1, -0.05) is 29.3 Å². The van der Waals surface area contributed by atoms with Crippen LogP contribution in [0.15, 0.2) is 29.2 Å². The van der Waals surface area contributed by atoms with Crippen molar-refractivity contribution >= 4 is 28.9 Å². The minimum absolute atomic E-state index is 0.0140. The molecule has 0 spiro atoms. The van der Waals surface area contributed by atoms with Crippen molar-refractivity contribution in [2.24, 2.45) is 0 Å². The first-order valence-electron chi connectivity index (χ1n) is 5.43. The van der Waals surface area contributed by atoms with E-state index in [0.717, 1.165) is 0 Å². The number of nitrogens with zero attached hydrogens (tertiary/aromatic N) is 1. The normalized spacial score (nSPS) is 12.2. The average molecular weight is 302 g/mol. The summed E-state index contributed by atoms with van der Waals surface area (Å²) in [5, 5.41) is 9.19. The van der Waals surface area contributed by atoms with Gasteiger partial charge in [0.1, 0.15) is 10.8 Å². The molecule has 0 fully saturated rings. The smallest absolute Gasteiger partial charge is 0.285 e. The predicted molar refractivity (Wildman–Crippen MR) is 73.3 cm³/mol. The maximum atomic E-state index is 13.0. The van der Waals surface area contributed by atoms with E-state index < -0.39 is 11.4 Å². The van der Waals surface area contributed by atoms with E-state index in [1.165, 1.54) is 18.3 Å². The summed E-state index contributed by atoms with van der Waals surface area (Å²) in [7, 11) is 0. The molecule has 0 aliphatic heterocycles. The van der Waals surface area contributed by atoms with E-state index >= 15 is 0 Å². The second-order valence-corrected chi connectivity index (χ2v) is 4.74. The third kappa shape index (κ3) is 3.05. The van der Waals surface area contributed by atoms with Gasteiger partial charge in [0.25, 0.3) is 5.56 Å². The van der Waals surface area contributed by atoms with E-state index in [4.69, 9.17) is 23.2 Å². The van der Waals surface area contributed by atoms with Gasteiger partial charge < -0.3 is 5.32 Å². The number of benzene rings is 1. The molecular formula is C12H10Cl2FN3O. The van der Waals surface area contributed by atoms with Crippen molar-refractivity contribution in [3.63, 3.8) is 0 Å². The van der Waals surface area contributed by atoms with Crippen molar-refractivity contribution in [1.29, 1.82) is 0 Å². The Hall–Kier alpha value is -1.59. The standard InChI is InChI=1S/C12H10Cl2FN3O/c1-6(8-3-2-7(15)4-9(8)13)17-10-5-16-18-12(19)11(10)14/h2-6H,1H3,(H2,17,18,19). The van der Waals surface area contributed by atoms with Gasteiger partial charge in [0.2, 0.25) is 0 Å². The summed E-state index contributed by atoms with van der Waals surface area (Å²) in [5.74, 6) is -0.406. The third-order valence-electron chi connectivity index (χ3n) is 2.60. The second kappa shape index (κ2) is 5.59. The molecular weight excluding hydrogens is 292 g/mol. The average Bonchev–Trinajstić information content (AvgIpc) is 2.34. The van der Waals surface area contributed by atoms with Crippen molar-refractivity contribution in [3.05, 3.63) is 56.2 Å². The van der Waals surface area contributed by atoms with Gasteiger partial charge in [-0.25, -0.2) is 9.49 Å². The lowest BCUT2D eigenvalue weighted by Crippen LogP contribution is -2.14. The first-order valence-corrected chi connectivity index (χ1v) is 6.19. The third-order valence-corrected chi connectivity index (χ3v) is 3.30. The molecule has 0 aliphatic carbocycles. The molecule has 0 saturated heterocycles. The number of hydrogen-bond acceptors (Lipinski definition) is 3. The van der Waals surface area contributed by atoms with Crippen LogP contribution >= 0.6 is 23.2 Å². The summed E-state index contributed by atoms with van der Waals surface area (Å²) in [6.07, 6.45) is 1.40. The van der Waals surface area contributed by atoms with Crippen molar-refractivity contribution in [3.8, 4) is 0 Å². The van der Waals surface area contributed by atoms with Gasteiger partial charge in [-0.3, -0.25) is 4.79 Å². The Bertz CT molecular complexity index is 660. The van der Waals surface area contributed by atoms with Crippen LogP contribution in [-0.2, 0) is 0 Å². The van der Waals surface area contributed by atoms with Crippen LogP contribution < -0.4 is 10.9 Å². The maximum Gasteiger partial charge on any atom is 0.285 e. The quantitative estimate of drug-likeness (QED) is 0.913. The van der Waals surface area contributed by atoms with E-state index in [-0.39, 0.29) is 11.1 Å². The summed E-state index contributed by atoms with van der Waals surface area (Å²) in [5.41, 5.74) is 0.599. The number of anilines is 1. The van der Waals surface area contributed by atoms with Gasteiger partial charge in [-0.2, -0.15) is 5.10 Å². The molecule has 4 nitrogen and oxygen atoms in total. The first-order chi connectivity index (χ1) is 8.99. The number of nitrogens with one attached hydrogen (secondary N) is 2. The first kappa shape index (κ1) is 13.8. The fourth-order valence-corrected chi connectivity index (χ4v) is 2.12. The molecule has 100 valence electrons. The van der Waals surface area contributed by atoms with Crippen LogP contribution in [-0.4, -0.2) is 10.2 Å². The van der Waals surface area contributed by atoms with Crippen molar-refractivity contribution < 1.29 is 4.39 Å². The minimum Gasteiger partial charge on any atom is -0.376 e. The summed E-state index contributed by atoms with van der Waals surface area (Å²) in [6, 6.07) is 3.86. The van der Waals surface area contributed by atoms with Crippen LogP contribution in [0.4, 0.5) is 10.1 Å². The Labute approximate surface area is 118 Å². The topological polar surface area (TPSA) is 57.8 Å². The van der Waals surface area contributed by atoms with Crippen LogP contribution in [0.25, 0.3) is 0 Å². The minimum atomic E-state index is -0.482. The highest BCUT2D eigenvalue weighted by atomic mass is 35.5. The van der Waals surface area contributed by atoms with E-state index in [0.29, 0.717) is 16.3 Å². The largest absolute Gasteiger partial charge is 0.376 e. The highest BCUT2D eigenvalue weighted by molar-refractivity contribution is 6.33. The molecule has 0 amide bonds. The van der Waals surface area contributed by atoms with Gasteiger partial charge >= 0.3 is 0 Å². The monoisotopic (exact) mass is 301 g/mol. The number of aromatic amines is 1. The molecule has 2 rings (SSSR count). The molecule has 0 aliphatic rings. The van der Waals surface area contributed by atoms with Crippen LogP contribution in [0, 0.1) is 5.82 Å². The summed E-state index contributed by atoms with van der Waals surface area (Å²) in [4.78, 5) is 11.3. The lowest BCUT2D eigenvalue weighted by atomic mass is 10.1. The molecule has 2 N–H and O–H groups in total. The number of halogens is 3. The molecule has 1 aromatic carbocycles. The van der Waals surface area contributed by atoms with E-state index in [2.05, 4.69) is 15.5 Å². The van der Waals surface area contributed by atoms with Crippen molar-refractivity contribution in [2.75, 3.05) is 5.32 Å². The molecule has 0 saturated carbocycles. The Morgan fingerprint density at radius 3 is 2.84 bits per heavy atom. The Morgan fingerprint density at radius 2 is 2.16 bits per heavy atom. The van der Waals surface area contributed by atoms with E-state index in [1.54, 1.807) is 6.07 Å². The molecule has 1 heterocycles. The number of hydrogen-bond donors (Lipinski definition) is 2. The zero-order valence-corrected chi connectivity index (χ0v) is 11.4. The van der Waals surface area contributed by atoms with Crippen LogP contribution in [0.3, 0.4) is 0 Å². The van der Waals surface area contributed by atoms with Gasteiger partial charge in [0, 0.05) is 5.02 Å². The van der Waals surface area contributed by atoms with Gasteiger partial charge in [-0.15, -0.1) is 0 Å². The Balaban J connectivity index is 2.28. The Kier molecular flexibility index (Phi) is 4.07. The molecule has 19 heavy (non-hydrogen) atoms. The number of rotatable bonds is 3. The zero-order chi connectivity index (χ0) is 14.0. The van der Waals surface area contributed by atoms with Crippen LogP contribution in [0.2, 0.25) is 10.0 Å². The molecule has 1 atom stereocenters. The maximum absolute atomic E-state index is 13.0. The second-order valence-electron chi connectivity index (χ2n) is 3.96. The number of H-pyrrole nitrogens is 1. The Morgan fingerprint density at radius 1 is 1.42 bits per heavy atom. The van der Waals surface area contributed by atoms with E-state index in [9.17, 15) is 9.18 Å². The summed E-state index contributed by atoms with van der Waals surface area (Å²) >= 11 is 11.8. The molecule has 7 heteroatoms. The van der Waals surface area contributed by atoms with Gasteiger partial charge in [-0.05, 0) is 24.6 Å². The molecule has 0 bridgehead atoms. The summed E-state index contributed by atoms with van der Waals surface area (Å²) in [6.45, 7) is 1.82. The SMILES string of the molecule is CC(Nc1cn[nH]c(=O)c1Cl)c1ccc(F)cc1Cl. The molecule has 0 radical (unpaired) electrons. The highest BCUT2D eigenvalue weighted by Crippen LogP contribution is 2.27. The summed E-state index contributed by atoms with van der Waals surface area (Å²) < 4.78 is 13.0. The lowest BCUT2D eigenvalue weighted by molar-refractivity contribution is 0.626. The molecule has 1 aromatic heterocycles. The number of aromatic nitrogens is 2. The van der Waals surface area contributed by atoms with E-state index in [1.807, 2.05) is 6.92 Å². The van der Waals surface area contributed by atoms with Crippen molar-refractivity contribution in [2.45, 2.75) is 13.0 Å². The highest BCUT2D eigenvalue weighted by Gasteiger charge is 2.13. The fourth-order valence-electron chi connectivity index (χ4n) is 1.65. The van der Waals surface area contributed by atoms with Gasteiger partial charge in [0.15, 0.2) is 0 Å². The van der Waals surface area contributed by atoms with Crippen LogP contribution in [0.1, 0.15) is 18.5 Å². The zero-order valence-electron chi connectivity index (χ0n) is 9.88. The molecule has 1 unspecified atom stereocenters. The van der Waals surface area contributed by atoms with Gasteiger partial charge in [0.05, 0.1) is 17.9 Å². The molecule has 2 aromatic rings.